The van der Waals surface area contributed by atoms with Crippen LogP contribution in [0.2, 0.25) is 0 Å². The second-order valence-corrected chi connectivity index (χ2v) is 6.23. The average molecular weight is 374 g/mol. The Labute approximate surface area is 152 Å². The SMILES string of the molecule is CN(C)c1ccc([N+](=O)[O-])cc1C(=O)OCc1nc(-c2ccsc2)no1. The number of thiophene rings is 1. The highest BCUT2D eigenvalue weighted by atomic mass is 32.1. The number of nitrogens with zero attached hydrogens (tertiary/aromatic N) is 4. The van der Waals surface area contributed by atoms with Gasteiger partial charge >= 0.3 is 5.97 Å². The van der Waals surface area contributed by atoms with Gasteiger partial charge in [0.25, 0.3) is 11.6 Å². The first-order valence-electron chi connectivity index (χ1n) is 7.43. The van der Waals surface area contributed by atoms with Gasteiger partial charge in [-0.25, -0.2) is 4.79 Å². The minimum Gasteiger partial charge on any atom is -0.452 e. The van der Waals surface area contributed by atoms with Crippen LogP contribution < -0.4 is 4.90 Å². The summed E-state index contributed by atoms with van der Waals surface area (Å²) in [5.41, 5.74) is 1.21. The molecule has 0 aliphatic carbocycles. The maximum Gasteiger partial charge on any atom is 0.341 e. The fourth-order valence-corrected chi connectivity index (χ4v) is 2.85. The molecule has 3 rings (SSSR count). The van der Waals surface area contributed by atoms with Gasteiger partial charge in [-0.05, 0) is 17.5 Å². The summed E-state index contributed by atoms with van der Waals surface area (Å²) >= 11 is 1.50. The first-order valence-corrected chi connectivity index (χ1v) is 8.38. The fourth-order valence-electron chi connectivity index (χ4n) is 2.22. The van der Waals surface area contributed by atoms with Gasteiger partial charge in [-0.2, -0.15) is 16.3 Å². The summed E-state index contributed by atoms with van der Waals surface area (Å²) in [4.78, 5) is 28.6. The number of hydrogen-bond donors (Lipinski definition) is 0. The van der Waals surface area contributed by atoms with E-state index in [2.05, 4.69) is 10.1 Å². The summed E-state index contributed by atoms with van der Waals surface area (Å²) in [6.45, 7) is -0.231. The third-order valence-corrected chi connectivity index (χ3v) is 4.15. The molecular weight excluding hydrogens is 360 g/mol. The Morgan fingerprint density at radius 1 is 1.38 bits per heavy atom. The van der Waals surface area contributed by atoms with Crippen molar-refractivity contribution in [1.82, 2.24) is 10.1 Å². The summed E-state index contributed by atoms with van der Waals surface area (Å²) in [6, 6.07) is 5.85. The first-order chi connectivity index (χ1) is 12.5. The lowest BCUT2D eigenvalue weighted by Gasteiger charge is -2.16. The van der Waals surface area contributed by atoms with Crippen LogP contribution in [0.3, 0.4) is 0 Å². The van der Waals surface area contributed by atoms with Crippen molar-refractivity contribution in [2.75, 3.05) is 19.0 Å². The molecule has 0 saturated heterocycles. The van der Waals surface area contributed by atoms with E-state index in [1.807, 2.05) is 16.8 Å². The Kier molecular flexibility index (Phi) is 4.94. The summed E-state index contributed by atoms with van der Waals surface area (Å²) < 4.78 is 10.3. The first kappa shape index (κ1) is 17.5. The average Bonchev–Trinajstić information content (AvgIpc) is 3.30. The lowest BCUT2D eigenvalue weighted by molar-refractivity contribution is -0.384. The molecular formula is C16H14N4O5S. The van der Waals surface area contributed by atoms with Gasteiger partial charge < -0.3 is 14.2 Å². The third-order valence-electron chi connectivity index (χ3n) is 3.47. The number of aromatic nitrogens is 2. The summed E-state index contributed by atoms with van der Waals surface area (Å²) in [6.07, 6.45) is 0. The van der Waals surface area contributed by atoms with E-state index >= 15 is 0 Å². The van der Waals surface area contributed by atoms with Crippen LogP contribution in [-0.2, 0) is 11.3 Å². The van der Waals surface area contributed by atoms with Gasteiger partial charge in [-0.15, -0.1) is 0 Å². The number of non-ortho nitro benzene ring substituents is 1. The van der Waals surface area contributed by atoms with Crippen molar-refractivity contribution in [1.29, 1.82) is 0 Å². The van der Waals surface area contributed by atoms with Crippen LogP contribution in [0.15, 0.2) is 39.5 Å². The van der Waals surface area contributed by atoms with Gasteiger partial charge in [-0.1, -0.05) is 5.16 Å². The number of rotatable bonds is 6. The molecule has 9 nitrogen and oxygen atoms in total. The molecule has 2 aromatic heterocycles. The number of benzene rings is 1. The van der Waals surface area contributed by atoms with Crippen molar-refractivity contribution in [2.45, 2.75) is 6.61 Å². The van der Waals surface area contributed by atoms with Crippen molar-refractivity contribution in [2.24, 2.45) is 0 Å². The van der Waals surface area contributed by atoms with E-state index in [0.29, 0.717) is 11.5 Å². The van der Waals surface area contributed by atoms with Gasteiger partial charge in [0.2, 0.25) is 5.82 Å². The molecule has 0 radical (unpaired) electrons. The number of hydrogen-bond acceptors (Lipinski definition) is 9. The minimum atomic E-state index is -0.715. The summed E-state index contributed by atoms with van der Waals surface area (Å²) in [5, 5.41) is 18.5. The molecule has 3 aromatic rings. The maximum absolute atomic E-state index is 12.4. The molecule has 0 bridgehead atoms. The zero-order valence-electron chi connectivity index (χ0n) is 13.9. The highest BCUT2D eigenvalue weighted by molar-refractivity contribution is 7.08. The monoisotopic (exact) mass is 374 g/mol. The molecule has 0 spiro atoms. The molecule has 0 saturated carbocycles. The number of anilines is 1. The molecule has 0 fully saturated rings. The Morgan fingerprint density at radius 2 is 2.19 bits per heavy atom. The van der Waals surface area contributed by atoms with Crippen molar-refractivity contribution in [3.63, 3.8) is 0 Å². The Balaban J connectivity index is 1.75. The zero-order valence-corrected chi connectivity index (χ0v) is 14.7. The van der Waals surface area contributed by atoms with E-state index in [-0.39, 0.29) is 23.7 Å². The lowest BCUT2D eigenvalue weighted by Crippen LogP contribution is -2.16. The molecule has 2 heterocycles. The second kappa shape index (κ2) is 7.31. The maximum atomic E-state index is 12.4. The molecule has 0 amide bonds. The Morgan fingerprint density at radius 3 is 2.85 bits per heavy atom. The minimum absolute atomic E-state index is 0.0850. The van der Waals surface area contributed by atoms with E-state index in [4.69, 9.17) is 9.26 Å². The van der Waals surface area contributed by atoms with Crippen LogP contribution >= 0.6 is 11.3 Å². The van der Waals surface area contributed by atoms with Crippen LogP contribution in [0.25, 0.3) is 11.4 Å². The Hall–Kier alpha value is -3.27. The van der Waals surface area contributed by atoms with E-state index in [1.54, 1.807) is 19.0 Å². The second-order valence-electron chi connectivity index (χ2n) is 5.45. The van der Waals surface area contributed by atoms with Gasteiger partial charge in [0.15, 0.2) is 6.61 Å². The van der Waals surface area contributed by atoms with Crippen molar-refractivity contribution in [3.05, 3.63) is 56.6 Å². The molecule has 10 heteroatoms. The summed E-state index contributed by atoms with van der Waals surface area (Å²) in [5.74, 6) is -0.175. The van der Waals surface area contributed by atoms with Crippen LogP contribution in [0, 0.1) is 10.1 Å². The smallest absolute Gasteiger partial charge is 0.341 e. The van der Waals surface area contributed by atoms with E-state index in [9.17, 15) is 14.9 Å². The van der Waals surface area contributed by atoms with Crippen molar-refractivity contribution < 1.29 is 19.0 Å². The van der Waals surface area contributed by atoms with E-state index in [1.165, 1.54) is 29.5 Å². The third kappa shape index (κ3) is 3.70. The molecule has 0 N–H and O–H groups in total. The van der Waals surface area contributed by atoms with Gasteiger partial charge in [0.1, 0.15) is 0 Å². The topological polar surface area (TPSA) is 112 Å². The molecule has 0 aliphatic rings. The number of carbonyl (C=O) groups is 1. The number of ether oxygens (including phenoxy) is 1. The zero-order chi connectivity index (χ0) is 18.7. The normalized spacial score (nSPS) is 10.5. The highest BCUT2D eigenvalue weighted by Gasteiger charge is 2.20. The van der Waals surface area contributed by atoms with E-state index in [0.717, 1.165) is 5.56 Å². The largest absolute Gasteiger partial charge is 0.452 e. The lowest BCUT2D eigenvalue weighted by atomic mass is 10.1. The fraction of sp³-hybridized carbons (Fsp3) is 0.188. The molecule has 0 atom stereocenters. The molecule has 134 valence electrons. The van der Waals surface area contributed by atoms with Gasteiger partial charge in [0, 0.05) is 37.2 Å². The number of nitro groups is 1. The standard InChI is InChI=1S/C16H14N4O5S/c1-19(2)13-4-3-11(20(22)23)7-12(13)16(21)24-8-14-17-15(18-25-14)10-5-6-26-9-10/h3-7,9H,8H2,1-2H3. The number of nitro benzene ring substituents is 1. The van der Waals surface area contributed by atoms with Crippen LogP contribution in [0.4, 0.5) is 11.4 Å². The van der Waals surface area contributed by atoms with Crippen LogP contribution in [0.1, 0.15) is 16.2 Å². The number of carbonyl (C=O) groups excluding carboxylic acids is 1. The predicted octanol–water partition coefficient (Wildman–Crippen LogP) is 3.13. The molecule has 0 unspecified atom stereocenters. The molecule has 0 aliphatic heterocycles. The van der Waals surface area contributed by atoms with E-state index < -0.39 is 10.9 Å². The molecule has 1 aromatic carbocycles. The van der Waals surface area contributed by atoms with Crippen LogP contribution in [-0.4, -0.2) is 35.1 Å². The van der Waals surface area contributed by atoms with Gasteiger partial charge in [-0.3, -0.25) is 10.1 Å². The molecule has 26 heavy (non-hydrogen) atoms. The highest BCUT2D eigenvalue weighted by Crippen LogP contribution is 2.25. The number of esters is 1. The summed E-state index contributed by atoms with van der Waals surface area (Å²) in [7, 11) is 3.45. The quantitative estimate of drug-likeness (QED) is 0.367. The Bertz CT molecular complexity index is 936. The van der Waals surface area contributed by atoms with Crippen molar-refractivity contribution >= 4 is 28.7 Å². The van der Waals surface area contributed by atoms with Crippen LogP contribution in [0.5, 0.6) is 0 Å². The van der Waals surface area contributed by atoms with Gasteiger partial charge in [0.05, 0.1) is 16.2 Å². The van der Waals surface area contributed by atoms with Crippen molar-refractivity contribution in [3.8, 4) is 11.4 Å². The predicted molar refractivity (Wildman–Crippen MR) is 94.2 cm³/mol.